The van der Waals surface area contributed by atoms with Crippen molar-refractivity contribution in [3.8, 4) is 0 Å². The predicted octanol–water partition coefficient (Wildman–Crippen LogP) is 1.56. The molecule has 0 radical (unpaired) electrons. The van der Waals surface area contributed by atoms with Crippen molar-refractivity contribution in [2.24, 2.45) is 5.92 Å². The number of hydrogen-bond acceptors (Lipinski definition) is 5. The van der Waals surface area contributed by atoms with E-state index < -0.39 is 23.1 Å². The Balaban J connectivity index is 2.02. The van der Waals surface area contributed by atoms with E-state index in [2.05, 4.69) is 10.3 Å². The summed E-state index contributed by atoms with van der Waals surface area (Å²) in [4.78, 5) is 39.9. The quantitative estimate of drug-likeness (QED) is 0.817. The van der Waals surface area contributed by atoms with Crippen LogP contribution in [0.3, 0.4) is 0 Å². The van der Waals surface area contributed by atoms with Gasteiger partial charge in [0, 0.05) is 6.54 Å². The maximum Gasteiger partial charge on any atom is 0.337 e. The zero-order valence-electron chi connectivity index (χ0n) is 14.5. The van der Waals surface area contributed by atoms with Crippen molar-refractivity contribution in [2.45, 2.75) is 26.3 Å². The molecule has 0 saturated carbocycles. The highest BCUT2D eigenvalue weighted by atomic mass is 16.5. The minimum Gasteiger partial charge on any atom is -0.456 e. The standard InChI is InChI=1S/C19H19N3O4/c1-10(2)8-22-16-15(17(23)21-19(22)25)13(11-6-4-3-5-7-11)14-12(20-16)9-26-18(14)24/h3-7,10,13,20H,8-9H2,1-2H3,(H,21,23,25). The van der Waals surface area contributed by atoms with Gasteiger partial charge in [-0.05, 0) is 11.5 Å². The fourth-order valence-corrected chi connectivity index (χ4v) is 3.61. The van der Waals surface area contributed by atoms with Crippen molar-refractivity contribution >= 4 is 11.8 Å². The molecule has 4 rings (SSSR count). The Morgan fingerprint density at radius 2 is 1.92 bits per heavy atom. The zero-order valence-corrected chi connectivity index (χ0v) is 14.5. The average molecular weight is 353 g/mol. The third kappa shape index (κ3) is 2.47. The normalized spacial score (nSPS) is 18.4. The minimum atomic E-state index is -0.569. The number of esters is 1. The van der Waals surface area contributed by atoms with E-state index in [1.165, 1.54) is 4.57 Å². The maximum atomic E-state index is 12.7. The molecule has 2 aromatic rings. The van der Waals surface area contributed by atoms with E-state index in [0.717, 1.165) is 5.56 Å². The Hall–Kier alpha value is -3.09. The summed E-state index contributed by atoms with van der Waals surface area (Å²) in [5.74, 6) is -0.358. The number of carbonyl (C=O) groups excluding carboxylic acids is 1. The molecule has 1 aromatic carbocycles. The molecule has 0 fully saturated rings. The van der Waals surface area contributed by atoms with E-state index in [1.54, 1.807) is 0 Å². The number of rotatable bonds is 3. The van der Waals surface area contributed by atoms with Crippen LogP contribution < -0.4 is 16.6 Å². The first kappa shape index (κ1) is 16.4. The molecule has 1 unspecified atom stereocenters. The van der Waals surface area contributed by atoms with Gasteiger partial charge in [0.25, 0.3) is 5.56 Å². The van der Waals surface area contributed by atoms with Gasteiger partial charge in [-0.25, -0.2) is 9.59 Å². The van der Waals surface area contributed by atoms with Crippen LogP contribution in [-0.4, -0.2) is 22.1 Å². The number of nitrogens with zero attached hydrogens (tertiary/aromatic N) is 1. The molecule has 1 aromatic heterocycles. The SMILES string of the molecule is CC(C)Cn1c2c(c(=O)[nH]c1=O)C(c1ccccc1)C1=C(COC1=O)N2. The van der Waals surface area contributed by atoms with E-state index in [9.17, 15) is 14.4 Å². The number of benzene rings is 1. The Bertz CT molecular complexity index is 1030. The van der Waals surface area contributed by atoms with Crippen LogP contribution in [0, 0.1) is 5.92 Å². The van der Waals surface area contributed by atoms with Gasteiger partial charge in [0.05, 0.1) is 22.8 Å². The summed E-state index contributed by atoms with van der Waals surface area (Å²) in [5, 5.41) is 3.12. The summed E-state index contributed by atoms with van der Waals surface area (Å²) >= 11 is 0. The number of nitrogens with one attached hydrogen (secondary N) is 2. The minimum absolute atomic E-state index is 0.111. The Morgan fingerprint density at radius 1 is 1.19 bits per heavy atom. The molecule has 26 heavy (non-hydrogen) atoms. The summed E-state index contributed by atoms with van der Waals surface area (Å²) in [6.45, 7) is 4.55. The van der Waals surface area contributed by atoms with Crippen molar-refractivity contribution in [3.05, 3.63) is 73.6 Å². The van der Waals surface area contributed by atoms with Crippen LogP contribution in [0.25, 0.3) is 0 Å². The van der Waals surface area contributed by atoms with Crippen LogP contribution in [0.15, 0.2) is 51.2 Å². The number of fused-ring (bicyclic) bond motifs is 1. The number of cyclic esters (lactones) is 1. The molecule has 7 heteroatoms. The monoisotopic (exact) mass is 353 g/mol. The van der Waals surface area contributed by atoms with Crippen LogP contribution in [0.5, 0.6) is 0 Å². The van der Waals surface area contributed by atoms with Gasteiger partial charge in [-0.2, -0.15) is 0 Å². The second-order valence-electron chi connectivity index (χ2n) is 6.96. The second-order valence-corrected chi connectivity index (χ2v) is 6.96. The second kappa shape index (κ2) is 6.01. The number of anilines is 1. The number of aromatic nitrogens is 2. The predicted molar refractivity (Wildman–Crippen MR) is 96.1 cm³/mol. The zero-order chi connectivity index (χ0) is 18.4. The van der Waals surface area contributed by atoms with Crippen molar-refractivity contribution in [3.63, 3.8) is 0 Å². The molecule has 2 aliphatic rings. The van der Waals surface area contributed by atoms with Crippen LogP contribution in [0.4, 0.5) is 5.82 Å². The average Bonchev–Trinajstić information content (AvgIpc) is 2.98. The van der Waals surface area contributed by atoms with Gasteiger partial charge < -0.3 is 10.1 Å². The number of ether oxygens (including phenoxy) is 1. The van der Waals surface area contributed by atoms with E-state index in [4.69, 9.17) is 4.74 Å². The first-order valence-corrected chi connectivity index (χ1v) is 8.56. The van der Waals surface area contributed by atoms with Crippen molar-refractivity contribution < 1.29 is 9.53 Å². The molecular weight excluding hydrogens is 334 g/mol. The van der Waals surface area contributed by atoms with E-state index >= 15 is 0 Å². The highest BCUT2D eigenvalue weighted by molar-refractivity contribution is 5.96. The summed E-state index contributed by atoms with van der Waals surface area (Å²) in [6.07, 6.45) is 0. The van der Waals surface area contributed by atoms with Crippen molar-refractivity contribution in [1.29, 1.82) is 0 Å². The molecule has 134 valence electrons. The van der Waals surface area contributed by atoms with E-state index in [1.807, 2.05) is 44.2 Å². The fourth-order valence-electron chi connectivity index (χ4n) is 3.61. The number of carbonyl (C=O) groups is 1. The van der Waals surface area contributed by atoms with Gasteiger partial charge in [-0.3, -0.25) is 14.3 Å². The lowest BCUT2D eigenvalue weighted by atomic mass is 9.83. The van der Waals surface area contributed by atoms with Crippen molar-refractivity contribution in [1.82, 2.24) is 9.55 Å². The third-order valence-electron chi connectivity index (χ3n) is 4.66. The number of aromatic amines is 1. The van der Waals surface area contributed by atoms with Crippen LogP contribution in [0.1, 0.15) is 30.9 Å². The molecule has 3 heterocycles. The molecule has 0 bridgehead atoms. The maximum absolute atomic E-state index is 12.7. The van der Waals surface area contributed by atoms with Gasteiger partial charge in [0.15, 0.2) is 0 Å². The lowest BCUT2D eigenvalue weighted by Gasteiger charge is -2.28. The summed E-state index contributed by atoms with van der Waals surface area (Å²) in [6, 6.07) is 9.32. The van der Waals surface area contributed by atoms with Crippen molar-refractivity contribution in [2.75, 3.05) is 11.9 Å². The molecule has 0 amide bonds. The molecule has 0 aliphatic carbocycles. The number of H-pyrrole nitrogens is 1. The van der Waals surface area contributed by atoms with Gasteiger partial charge in [0.1, 0.15) is 12.4 Å². The molecule has 2 aliphatic heterocycles. The molecule has 1 atom stereocenters. The first-order chi connectivity index (χ1) is 12.5. The lowest BCUT2D eigenvalue weighted by Crippen LogP contribution is -2.39. The van der Waals surface area contributed by atoms with E-state index in [-0.39, 0.29) is 12.5 Å². The third-order valence-corrected chi connectivity index (χ3v) is 4.66. The van der Waals surface area contributed by atoms with Gasteiger partial charge >= 0.3 is 11.7 Å². The summed E-state index contributed by atoms with van der Waals surface area (Å²) in [5.41, 5.74) is 1.27. The molecule has 0 spiro atoms. The Kier molecular flexibility index (Phi) is 3.79. The summed E-state index contributed by atoms with van der Waals surface area (Å²) < 4.78 is 6.73. The van der Waals surface area contributed by atoms with Gasteiger partial charge in [-0.1, -0.05) is 44.2 Å². The Morgan fingerprint density at radius 3 is 2.62 bits per heavy atom. The van der Waals surface area contributed by atoms with Crippen LogP contribution in [0.2, 0.25) is 0 Å². The highest BCUT2D eigenvalue weighted by Gasteiger charge is 2.41. The van der Waals surface area contributed by atoms with Gasteiger partial charge in [-0.15, -0.1) is 0 Å². The smallest absolute Gasteiger partial charge is 0.337 e. The van der Waals surface area contributed by atoms with E-state index in [0.29, 0.717) is 29.2 Å². The van der Waals surface area contributed by atoms with Gasteiger partial charge in [0.2, 0.25) is 0 Å². The molecule has 0 saturated heterocycles. The lowest BCUT2D eigenvalue weighted by molar-refractivity contribution is -0.136. The highest BCUT2D eigenvalue weighted by Crippen LogP contribution is 2.42. The molecule has 7 nitrogen and oxygen atoms in total. The first-order valence-electron chi connectivity index (χ1n) is 8.56. The molecule has 2 N–H and O–H groups in total. The molecular formula is C19H19N3O4. The Labute approximate surface area is 149 Å². The number of hydrogen-bond donors (Lipinski definition) is 2. The topological polar surface area (TPSA) is 93.2 Å². The largest absolute Gasteiger partial charge is 0.456 e. The van der Waals surface area contributed by atoms with Crippen LogP contribution >= 0.6 is 0 Å². The fraction of sp³-hybridized carbons (Fsp3) is 0.316. The summed E-state index contributed by atoms with van der Waals surface area (Å²) in [7, 11) is 0. The van der Waals surface area contributed by atoms with Crippen LogP contribution in [-0.2, 0) is 16.1 Å².